The number of carbonyl (C=O) groups excluding carboxylic acids is 1. The lowest BCUT2D eigenvalue weighted by atomic mass is 10.0. The van der Waals surface area contributed by atoms with Crippen LogP contribution in [-0.4, -0.2) is 12.8 Å². The molecule has 2 N–H and O–H groups in total. The van der Waals surface area contributed by atoms with Crippen LogP contribution in [0.5, 0.6) is 5.75 Å². The molecular formula is C17H19ClN2O2. The van der Waals surface area contributed by atoms with E-state index in [1.165, 1.54) is 5.56 Å². The van der Waals surface area contributed by atoms with Gasteiger partial charge in [0.15, 0.2) is 6.73 Å². The molecule has 0 unspecified atom stereocenters. The second kappa shape index (κ2) is 7.71. The number of hydrogen-bond donors (Lipinski definition) is 2. The predicted molar refractivity (Wildman–Crippen MR) is 89.6 cm³/mol. The Labute approximate surface area is 135 Å². The molecule has 0 bridgehead atoms. The number of anilines is 1. The Bertz CT molecular complexity index is 610. The van der Waals surface area contributed by atoms with Crippen LogP contribution in [0.4, 0.5) is 10.5 Å². The maximum atomic E-state index is 11.8. The number of nitrogens with one attached hydrogen (secondary N) is 2. The highest BCUT2D eigenvalue weighted by atomic mass is 35.5. The van der Waals surface area contributed by atoms with Gasteiger partial charge < -0.3 is 15.4 Å². The van der Waals surface area contributed by atoms with Crippen LogP contribution < -0.4 is 15.4 Å². The van der Waals surface area contributed by atoms with Crippen molar-refractivity contribution < 1.29 is 9.53 Å². The van der Waals surface area contributed by atoms with Crippen LogP contribution in [0.25, 0.3) is 0 Å². The molecule has 0 spiro atoms. The molecule has 0 aliphatic carbocycles. The van der Waals surface area contributed by atoms with Gasteiger partial charge in [-0.05, 0) is 47.9 Å². The molecule has 4 nitrogen and oxygen atoms in total. The number of hydrogen-bond acceptors (Lipinski definition) is 2. The molecule has 0 aliphatic rings. The van der Waals surface area contributed by atoms with Crippen molar-refractivity contribution in [2.45, 2.75) is 19.8 Å². The molecule has 5 heteroatoms. The van der Waals surface area contributed by atoms with Crippen LogP contribution in [0.3, 0.4) is 0 Å². The number of halogens is 1. The Morgan fingerprint density at radius 3 is 2.32 bits per heavy atom. The highest BCUT2D eigenvalue weighted by Crippen LogP contribution is 2.17. The van der Waals surface area contributed by atoms with Crippen LogP contribution >= 0.6 is 11.6 Å². The van der Waals surface area contributed by atoms with Crippen LogP contribution in [0, 0.1) is 0 Å². The van der Waals surface area contributed by atoms with E-state index in [1.54, 1.807) is 24.3 Å². The second-order valence-corrected chi connectivity index (χ2v) is 5.59. The zero-order valence-corrected chi connectivity index (χ0v) is 13.4. The van der Waals surface area contributed by atoms with Gasteiger partial charge in [-0.3, -0.25) is 0 Å². The van der Waals surface area contributed by atoms with E-state index >= 15 is 0 Å². The molecule has 0 aromatic heterocycles. The summed E-state index contributed by atoms with van der Waals surface area (Å²) in [4.78, 5) is 11.8. The minimum atomic E-state index is -0.314. The fourth-order valence-corrected chi connectivity index (χ4v) is 1.97. The first-order valence-corrected chi connectivity index (χ1v) is 7.45. The van der Waals surface area contributed by atoms with Gasteiger partial charge in [0, 0.05) is 10.7 Å². The van der Waals surface area contributed by atoms with Crippen molar-refractivity contribution in [2.75, 3.05) is 12.0 Å². The molecular weight excluding hydrogens is 300 g/mol. The Morgan fingerprint density at radius 1 is 1.09 bits per heavy atom. The Balaban J connectivity index is 1.76. The van der Waals surface area contributed by atoms with Crippen molar-refractivity contribution in [1.82, 2.24) is 5.32 Å². The molecule has 0 saturated carbocycles. The van der Waals surface area contributed by atoms with Gasteiger partial charge in [0.2, 0.25) is 0 Å². The Hall–Kier alpha value is -2.20. The normalized spacial score (nSPS) is 10.4. The van der Waals surface area contributed by atoms with Crippen molar-refractivity contribution in [3.63, 3.8) is 0 Å². The molecule has 0 aliphatic heterocycles. The van der Waals surface area contributed by atoms with E-state index in [0.29, 0.717) is 16.7 Å². The number of urea groups is 1. The van der Waals surface area contributed by atoms with E-state index in [0.717, 1.165) is 5.69 Å². The first-order chi connectivity index (χ1) is 10.5. The highest BCUT2D eigenvalue weighted by Gasteiger charge is 2.03. The van der Waals surface area contributed by atoms with Crippen LogP contribution in [-0.2, 0) is 0 Å². The predicted octanol–water partition coefficient (Wildman–Crippen LogP) is 4.62. The quantitative estimate of drug-likeness (QED) is 0.790. The van der Waals surface area contributed by atoms with Gasteiger partial charge in [-0.15, -0.1) is 0 Å². The summed E-state index contributed by atoms with van der Waals surface area (Å²) in [7, 11) is 0. The summed E-state index contributed by atoms with van der Waals surface area (Å²) in [5.41, 5.74) is 1.98. The van der Waals surface area contributed by atoms with Gasteiger partial charge in [0.05, 0.1) is 0 Å². The summed E-state index contributed by atoms with van der Waals surface area (Å²) < 4.78 is 5.39. The maximum Gasteiger partial charge on any atom is 0.321 e. The Kier molecular flexibility index (Phi) is 5.67. The molecule has 22 heavy (non-hydrogen) atoms. The van der Waals surface area contributed by atoms with Crippen molar-refractivity contribution in [2.24, 2.45) is 0 Å². The van der Waals surface area contributed by atoms with Crippen molar-refractivity contribution in [1.29, 1.82) is 0 Å². The molecule has 0 fully saturated rings. The molecule has 2 amide bonds. The van der Waals surface area contributed by atoms with E-state index in [-0.39, 0.29) is 12.8 Å². The molecule has 2 rings (SSSR count). The van der Waals surface area contributed by atoms with E-state index < -0.39 is 0 Å². The van der Waals surface area contributed by atoms with Gasteiger partial charge in [0.25, 0.3) is 0 Å². The van der Waals surface area contributed by atoms with Crippen LogP contribution in [0.15, 0.2) is 48.5 Å². The van der Waals surface area contributed by atoms with Crippen LogP contribution in [0.2, 0.25) is 5.02 Å². The number of rotatable bonds is 5. The number of amides is 2. The summed E-state index contributed by atoms with van der Waals surface area (Å²) >= 11 is 5.78. The van der Waals surface area contributed by atoms with Gasteiger partial charge >= 0.3 is 6.03 Å². The van der Waals surface area contributed by atoms with Gasteiger partial charge in [-0.1, -0.05) is 37.6 Å². The van der Waals surface area contributed by atoms with E-state index in [2.05, 4.69) is 24.5 Å². The topological polar surface area (TPSA) is 50.4 Å². The van der Waals surface area contributed by atoms with Crippen LogP contribution in [0.1, 0.15) is 25.3 Å². The molecule has 0 atom stereocenters. The number of ether oxygens (including phenoxy) is 1. The largest absolute Gasteiger partial charge is 0.473 e. The number of benzene rings is 2. The molecule has 2 aromatic rings. The summed E-state index contributed by atoms with van der Waals surface area (Å²) in [6.07, 6.45) is 0. The van der Waals surface area contributed by atoms with Crippen molar-refractivity contribution in [3.8, 4) is 5.75 Å². The standard InChI is InChI=1S/C17H19ClN2O2/c1-12(2)13-3-7-15(8-4-13)20-17(21)19-11-22-16-9-5-14(18)6-10-16/h3-10,12H,11H2,1-2H3,(H2,19,20,21). The summed E-state index contributed by atoms with van der Waals surface area (Å²) in [6, 6.07) is 14.4. The maximum absolute atomic E-state index is 11.8. The SMILES string of the molecule is CC(C)c1ccc(NC(=O)NCOc2ccc(Cl)cc2)cc1. The molecule has 2 aromatic carbocycles. The van der Waals surface area contributed by atoms with E-state index in [4.69, 9.17) is 16.3 Å². The molecule has 0 radical (unpaired) electrons. The zero-order valence-electron chi connectivity index (χ0n) is 12.6. The zero-order chi connectivity index (χ0) is 15.9. The summed E-state index contributed by atoms with van der Waals surface area (Å²) in [6.45, 7) is 4.34. The lowest BCUT2D eigenvalue weighted by Gasteiger charge is -2.10. The van der Waals surface area contributed by atoms with Gasteiger partial charge in [-0.25, -0.2) is 4.79 Å². The third-order valence-corrected chi connectivity index (χ3v) is 3.37. The third kappa shape index (κ3) is 4.97. The average Bonchev–Trinajstić information content (AvgIpc) is 2.50. The minimum absolute atomic E-state index is 0.0809. The first-order valence-electron chi connectivity index (χ1n) is 7.08. The fourth-order valence-electron chi connectivity index (χ4n) is 1.84. The monoisotopic (exact) mass is 318 g/mol. The van der Waals surface area contributed by atoms with E-state index in [9.17, 15) is 4.79 Å². The second-order valence-electron chi connectivity index (χ2n) is 5.15. The lowest BCUT2D eigenvalue weighted by molar-refractivity contribution is 0.234. The Morgan fingerprint density at radius 2 is 1.73 bits per heavy atom. The van der Waals surface area contributed by atoms with Gasteiger partial charge in [0.1, 0.15) is 5.75 Å². The number of carbonyl (C=O) groups is 1. The van der Waals surface area contributed by atoms with Gasteiger partial charge in [-0.2, -0.15) is 0 Å². The van der Waals surface area contributed by atoms with Crippen molar-refractivity contribution in [3.05, 3.63) is 59.1 Å². The minimum Gasteiger partial charge on any atom is -0.473 e. The molecule has 116 valence electrons. The average molecular weight is 319 g/mol. The first kappa shape index (κ1) is 16.2. The summed E-state index contributed by atoms with van der Waals surface area (Å²) in [5, 5.41) is 6.02. The highest BCUT2D eigenvalue weighted by molar-refractivity contribution is 6.30. The summed E-state index contributed by atoms with van der Waals surface area (Å²) in [5.74, 6) is 1.11. The molecule has 0 heterocycles. The smallest absolute Gasteiger partial charge is 0.321 e. The third-order valence-electron chi connectivity index (χ3n) is 3.12. The fraction of sp³-hybridized carbons (Fsp3) is 0.235. The lowest BCUT2D eigenvalue weighted by Crippen LogP contribution is -2.31. The van der Waals surface area contributed by atoms with Crippen molar-refractivity contribution >= 4 is 23.3 Å². The van der Waals surface area contributed by atoms with E-state index in [1.807, 2.05) is 24.3 Å². The molecule has 0 saturated heterocycles.